The van der Waals surface area contributed by atoms with Crippen molar-refractivity contribution < 1.29 is 9.32 Å². The van der Waals surface area contributed by atoms with E-state index < -0.39 is 0 Å². The van der Waals surface area contributed by atoms with Crippen LogP contribution in [0.3, 0.4) is 0 Å². The first-order valence-electron chi connectivity index (χ1n) is 8.34. The molecule has 1 saturated heterocycles. The van der Waals surface area contributed by atoms with E-state index in [4.69, 9.17) is 4.52 Å². The highest BCUT2D eigenvalue weighted by Crippen LogP contribution is 2.25. The van der Waals surface area contributed by atoms with Crippen molar-refractivity contribution in [1.82, 2.24) is 15.0 Å². The van der Waals surface area contributed by atoms with E-state index in [0.717, 1.165) is 40.6 Å². The average molecular weight is 345 g/mol. The van der Waals surface area contributed by atoms with Crippen molar-refractivity contribution in [2.75, 3.05) is 11.5 Å². The molecule has 6 heteroatoms. The maximum Gasteiger partial charge on any atom is 0.223 e. The molecule has 0 bridgehead atoms. The molecule has 0 radical (unpaired) electrons. The van der Waals surface area contributed by atoms with E-state index >= 15 is 0 Å². The predicted octanol–water partition coefficient (Wildman–Crippen LogP) is 3.15. The largest absolute Gasteiger partial charge is 0.361 e. The average Bonchev–Trinajstić information content (AvgIpc) is 3.22. The van der Waals surface area contributed by atoms with Crippen LogP contribution >= 0.6 is 11.8 Å². The molecule has 5 nitrogen and oxygen atoms in total. The number of hydrogen-bond acceptors (Lipinski definition) is 5. The predicted molar refractivity (Wildman–Crippen MR) is 94.8 cm³/mol. The van der Waals surface area contributed by atoms with Crippen molar-refractivity contribution in [2.24, 2.45) is 0 Å². The summed E-state index contributed by atoms with van der Waals surface area (Å²) in [5.41, 5.74) is 2.88. The molecule has 1 aliphatic heterocycles. The van der Waals surface area contributed by atoms with Crippen molar-refractivity contribution in [2.45, 2.75) is 45.7 Å². The Bertz CT molecular complexity index is 661. The third kappa shape index (κ3) is 3.98. The molecule has 0 aromatic carbocycles. The van der Waals surface area contributed by atoms with Gasteiger partial charge in [0.2, 0.25) is 5.91 Å². The van der Waals surface area contributed by atoms with E-state index in [0.29, 0.717) is 25.4 Å². The molecule has 1 fully saturated rings. The lowest BCUT2D eigenvalue weighted by atomic mass is 10.1. The van der Waals surface area contributed by atoms with Gasteiger partial charge in [-0.05, 0) is 44.6 Å². The Hall–Kier alpha value is -1.82. The number of rotatable bonds is 6. The van der Waals surface area contributed by atoms with Gasteiger partial charge in [-0.15, -0.1) is 0 Å². The standard InChI is InChI=1S/C18H23N3O2S/c1-13-17(14(2)23-20-13)6-7-18(22)21(16-8-10-24-12-16)11-15-5-3-4-9-19-15/h3-5,9,16H,6-8,10-12H2,1-2H3/t16-/m0/s1. The molecule has 0 spiro atoms. The highest BCUT2D eigenvalue weighted by molar-refractivity contribution is 7.99. The molecule has 1 aliphatic rings. The van der Waals surface area contributed by atoms with Gasteiger partial charge in [0.05, 0.1) is 17.9 Å². The maximum absolute atomic E-state index is 12.9. The van der Waals surface area contributed by atoms with Crippen LogP contribution in [0.2, 0.25) is 0 Å². The van der Waals surface area contributed by atoms with Gasteiger partial charge in [-0.25, -0.2) is 0 Å². The third-order valence-corrected chi connectivity index (χ3v) is 5.64. The minimum Gasteiger partial charge on any atom is -0.361 e. The molecule has 2 aromatic rings. The SMILES string of the molecule is Cc1noc(C)c1CCC(=O)N(Cc1ccccn1)[C@H]1CCSC1. The van der Waals surface area contributed by atoms with Gasteiger partial charge in [0.1, 0.15) is 5.76 Å². The van der Waals surface area contributed by atoms with Gasteiger partial charge in [0, 0.05) is 30.0 Å². The lowest BCUT2D eigenvalue weighted by molar-refractivity contribution is -0.133. The molecule has 1 atom stereocenters. The second-order valence-corrected chi connectivity index (χ2v) is 7.31. The third-order valence-electron chi connectivity index (χ3n) is 4.50. The van der Waals surface area contributed by atoms with Crippen molar-refractivity contribution in [3.63, 3.8) is 0 Å². The van der Waals surface area contributed by atoms with Crippen molar-refractivity contribution in [1.29, 1.82) is 0 Å². The molecule has 128 valence electrons. The van der Waals surface area contributed by atoms with E-state index in [2.05, 4.69) is 10.1 Å². The Balaban J connectivity index is 1.68. The van der Waals surface area contributed by atoms with Gasteiger partial charge in [0.15, 0.2) is 0 Å². The zero-order valence-electron chi connectivity index (χ0n) is 14.2. The maximum atomic E-state index is 12.9. The van der Waals surface area contributed by atoms with Crippen LogP contribution in [0, 0.1) is 13.8 Å². The first-order valence-corrected chi connectivity index (χ1v) is 9.49. The summed E-state index contributed by atoms with van der Waals surface area (Å²) < 4.78 is 5.20. The zero-order chi connectivity index (χ0) is 16.9. The Kier molecular flexibility index (Phi) is 5.56. The van der Waals surface area contributed by atoms with Gasteiger partial charge in [-0.2, -0.15) is 11.8 Å². The smallest absolute Gasteiger partial charge is 0.223 e. The van der Waals surface area contributed by atoms with Crippen LogP contribution in [0.25, 0.3) is 0 Å². The summed E-state index contributed by atoms with van der Waals surface area (Å²) in [6.07, 6.45) is 4.01. The molecule has 0 aliphatic carbocycles. The minimum atomic E-state index is 0.188. The van der Waals surface area contributed by atoms with Gasteiger partial charge < -0.3 is 9.42 Å². The highest BCUT2D eigenvalue weighted by atomic mass is 32.2. The van der Waals surface area contributed by atoms with E-state index in [1.54, 1.807) is 6.20 Å². The summed E-state index contributed by atoms with van der Waals surface area (Å²) in [7, 11) is 0. The first-order chi connectivity index (χ1) is 11.6. The van der Waals surface area contributed by atoms with Gasteiger partial charge in [-0.3, -0.25) is 9.78 Å². The Morgan fingerprint density at radius 2 is 2.29 bits per heavy atom. The highest BCUT2D eigenvalue weighted by Gasteiger charge is 2.27. The van der Waals surface area contributed by atoms with E-state index in [-0.39, 0.29) is 5.91 Å². The molecular formula is C18H23N3O2S. The fraction of sp³-hybridized carbons (Fsp3) is 0.500. The summed E-state index contributed by atoms with van der Waals surface area (Å²) in [5, 5.41) is 3.97. The molecule has 0 N–H and O–H groups in total. The normalized spacial score (nSPS) is 17.2. The first kappa shape index (κ1) is 17.0. The molecule has 0 saturated carbocycles. The van der Waals surface area contributed by atoms with Crippen LogP contribution in [0.15, 0.2) is 28.9 Å². The summed E-state index contributed by atoms with van der Waals surface area (Å²) in [5.74, 6) is 3.14. The van der Waals surface area contributed by atoms with Crippen LogP contribution in [0.1, 0.15) is 35.6 Å². The van der Waals surface area contributed by atoms with Crippen molar-refractivity contribution in [3.8, 4) is 0 Å². The zero-order valence-corrected chi connectivity index (χ0v) is 15.0. The van der Waals surface area contributed by atoms with E-state index in [9.17, 15) is 4.79 Å². The number of thioether (sulfide) groups is 1. The Morgan fingerprint density at radius 1 is 1.42 bits per heavy atom. The second-order valence-electron chi connectivity index (χ2n) is 6.16. The number of carbonyl (C=O) groups is 1. The minimum absolute atomic E-state index is 0.188. The van der Waals surface area contributed by atoms with E-state index in [1.165, 1.54) is 0 Å². The topological polar surface area (TPSA) is 59.2 Å². The number of carbonyl (C=O) groups excluding carboxylic acids is 1. The van der Waals surface area contributed by atoms with Crippen molar-refractivity contribution >= 4 is 17.7 Å². The van der Waals surface area contributed by atoms with Gasteiger partial charge in [-0.1, -0.05) is 11.2 Å². The molecule has 2 aromatic heterocycles. The number of aromatic nitrogens is 2. The lowest BCUT2D eigenvalue weighted by Crippen LogP contribution is -2.40. The van der Waals surface area contributed by atoms with Crippen LogP contribution in [0.5, 0.6) is 0 Å². The van der Waals surface area contributed by atoms with Crippen LogP contribution in [-0.4, -0.2) is 38.5 Å². The van der Waals surface area contributed by atoms with Crippen molar-refractivity contribution in [3.05, 3.63) is 47.1 Å². The molecule has 3 heterocycles. The summed E-state index contributed by atoms with van der Waals surface area (Å²) in [4.78, 5) is 19.3. The number of hydrogen-bond donors (Lipinski definition) is 0. The summed E-state index contributed by atoms with van der Waals surface area (Å²) >= 11 is 1.92. The molecule has 3 rings (SSSR count). The summed E-state index contributed by atoms with van der Waals surface area (Å²) in [6, 6.07) is 6.17. The number of pyridine rings is 1. The monoisotopic (exact) mass is 345 g/mol. The van der Waals surface area contributed by atoms with Gasteiger partial charge >= 0.3 is 0 Å². The fourth-order valence-electron chi connectivity index (χ4n) is 3.09. The Morgan fingerprint density at radius 3 is 2.92 bits per heavy atom. The number of amides is 1. The van der Waals surface area contributed by atoms with Crippen LogP contribution < -0.4 is 0 Å². The molecular weight excluding hydrogens is 322 g/mol. The molecule has 24 heavy (non-hydrogen) atoms. The summed E-state index contributed by atoms with van der Waals surface area (Å²) in [6.45, 7) is 4.42. The molecule has 0 unspecified atom stereocenters. The Labute approximate surface area is 146 Å². The van der Waals surface area contributed by atoms with Gasteiger partial charge in [0.25, 0.3) is 0 Å². The quantitative estimate of drug-likeness (QED) is 0.805. The lowest BCUT2D eigenvalue weighted by Gasteiger charge is -2.28. The number of aryl methyl sites for hydroxylation is 2. The van der Waals surface area contributed by atoms with Crippen LogP contribution in [-0.2, 0) is 17.8 Å². The molecule has 1 amide bonds. The number of nitrogens with zero attached hydrogens (tertiary/aromatic N) is 3. The van der Waals surface area contributed by atoms with Crippen LogP contribution in [0.4, 0.5) is 0 Å². The fourth-order valence-corrected chi connectivity index (χ4v) is 4.31. The second kappa shape index (κ2) is 7.83. The van der Waals surface area contributed by atoms with E-state index in [1.807, 2.05) is 48.7 Å².